The minimum absolute atomic E-state index is 0.323. The summed E-state index contributed by atoms with van der Waals surface area (Å²) in [6.45, 7) is 0. The Labute approximate surface area is 206 Å². The summed E-state index contributed by atoms with van der Waals surface area (Å²) >= 11 is 24.5. The van der Waals surface area contributed by atoms with Crippen LogP contribution in [0.25, 0.3) is 6.08 Å². The van der Waals surface area contributed by atoms with E-state index in [0.29, 0.717) is 44.1 Å². The van der Waals surface area contributed by atoms with Crippen LogP contribution in [0.15, 0.2) is 54.1 Å². The number of esters is 2. The van der Waals surface area contributed by atoms with Gasteiger partial charge >= 0.3 is 11.9 Å². The number of hydrogen-bond donors (Lipinski definition) is 0. The van der Waals surface area contributed by atoms with Crippen LogP contribution in [-0.2, 0) is 19.1 Å². The molecule has 168 valence electrons. The van der Waals surface area contributed by atoms with Crippen molar-refractivity contribution in [3.8, 4) is 0 Å². The number of methoxy groups -OCH3 is 2. The Morgan fingerprint density at radius 1 is 0.938 bits per heavy atom. The van der Waals surface area contributed by atoms with Crippen molar-refractivity contribution >= 4 is 64.4 Å². The fourth-order valence-corrected chi connectivity index (χ4v) is 4.48. The lowest BCUT2D eigenvalue weighted by molar-refractivity contribution is -0.151. The number of carbonyl (C=O) groups is 2. The van der Waals surface area contributed by atoms with Crippen LogP contribution in [0.2, 0.25) is 20.1 Å². The van der Waals surface area contributed by atoms with Crippen LogP contribution in [0.5, 0.6) is 0 Å². The molecule has 0 unspecified atom stereocenters. The summed E-state index contributed by atoms with van der Waals surface area (Å²) in [5.41, 5.74) is 0.851. The lowest BCUT2D eigenvalue weighted by atomic mass is 9.64. The Morgan fingerprint density at radius 3 is 2.19 bits per heavy atom. The highest BCUT2D eigenvalue weighted by Crippen LogP contribution is 2.49. The Kier molecular flexibility index (Phi) is 7.94. The Balaban J connectivity index is 2.17. The first kappa shape index (κ1) is 24.7. The number of allylic oxidation sites excluding steroid dienone is 1. The van der Waals surface area contributed by atoms with Crippen molar-refractivity contribution in [2.45, 2.75) is 18.8 Å². The predicted octanol–water partition coefficient (Wildman–Crippen LogP) is 7.15. The number of ether oxygens (including phenoxy) is 2. The van der Waals surface area contributed by atoms with E-state index in [1.165, 1.54) is 14.2 Å². The number of benzene rings is 2. The van der Waals surface area contributed by atoms with E-state index in [4.69, 9.17) is 55.9 Å². The molecule has 2 aromatic carbocycles. The highest BCUT2D eigenvalue weighted by molar-refractivity contribution is 6.42. The first-order chi connectivity index (χ1) is 15.2. The molecule has 3 rings (SSSR count). The molecule has 2 aromatic rings. The molecule has 0 aliphatic heterocycles. The van der Waals surface area contributed by atoms with Gasteiger partial charge in [-0.25, -0.2) is 4.79 Å². The first-order valence-corrected chi connectivity index (χ1v) is 11.2. The van der Waals surface area contributed by atoms with Gasteiger partial charge in [-0.1, -0.05) is 76.8 Å². The third-order valence-electron chi connectivity index (χ3n) is 5.56. The van der Waals surface area contributed by atoms with Crippen LogP contribution >= 0.6 is 46.4 Å². The lowest BCUT2D eigenvalue weighted by Crippen LogP contribution is -2.39. The summed E-state index contributed by atoms with van der Waals surface area (Å²) < 4.78 is 10.1. The van der Waals surface area contributed by atoms with Gasteiger partial charge in [0, 0.05) is 11.5 Å². The zero-order chi connectivity index (χ0) is 23.5. The van der Waals surface area contributed by atoms with Crippen LogP contribution in [0.1, 0.15) is 29.9 Å². The number of halogens is 4. The summed E-state index contributed by atoms with van der Waals surface area (Å²) in [6.07, 6.45) is 5.98. The molecule has 8 heteroatoms. The fourth-order valence-electron chi connectivity index (χ4n) is 3.87. The van der Waals surface area contributed by atoms with Crippen molar-refractivity contribution in [2.24, 2.45) is 5.41 Å². The molecule has 1 aliphatic carbocycles. The summed E-state index contributed by atoms with van der Waals surface area (Å²) in [5, 5.41) is 1.57. The van der Waals surface area contributed by atoms with Crippen LogP contribution < -0.4 is 0 Å². The molecule has 0 saturated heterocycles. The van der Waals surface area contributed by atoms with E-state index in [9.17, 15) is 9.59 Å². The van der Waals surface area contributed by atoms with Gasteiger partial charge in [0.2, 0.25) is 0 Å². The maximum atomic E-state index is 13.2. The minimum atomic E-state index is -1.10. The van der Waals surface area contributed by atoms with Gasteiger partial charge in [-0.3, -0.25) is 4.79 Å². The molecule has 0 aromatic heterocycles. The SMILES string of the molecule is COC(=O)C1=C[C@@H](c2ccc(Cl)c(Cl)c2)[C@](/C=C/c2ccc(Cl)c(Cl)c2)(C(=O)OC)CC1. The second-order valence-corrected chi connectivity index (χ2v) is 9.00. The van der Waals surface area contributed by atoms with Gasteiger partial charge in [0.15, 0.2) is 0 Å². The van der Waals surface area contributed by atoms with Gasteiger partial charge in [-0.05, 0) is 48.2 Å². The molecule has 0 heterocycles. The van der Waals surface area contributed by atoms with Crippen LogP contribution in [-0.4, -0.2) is 26.2 Å². The molecular formula is C24H20Cl4O4. The van der Waals surface area contributed by atoms with Crippen molar-refractivity contribution in [3.05, 3.63) is 85.3 Å². The maximum absolute atomic E-state index is 13.2. The summed E-state index contributed by atoms with van der Waals surface area (Å²) in [5.74, 6) is -1.43. The molecular weight excluding hydrogens is 494 g/mol. The van der Waals surface area contributed by atoms with Crippen LogP contribution in [0.4, 0.5) is 0 Å². The fraction of sp³-hybridized carbons (Fsp3) is 0.250. The summed E-state index contributed by atoms with van der Waals surface area (Å²) in [4.78, 5) is 25.5. The van der Waals surface area contributed by atoms with Crippen molar-refractivity contribution < 1.29 is 19.1 Å². The number of carbonyl (C=O) groups excluding carboxylic acids is 2. The van der Waals surface area contributed by atoms with E-state index in [1.807, 2.05) is 0 Å². The average Bonchev–Trinajstić information content (AvgIpc) is 2.80. The normalized spacial score (nSPS) is 20.7. The third-order valence-corrected chi connectivity index (χ3v) is 7.04. The zero-order valence-corrected chi connectivity index (χ0v) is 20.4. The van der Waals surface area contributed by atoms with E-state index in [1.54, 1.807) is 54.6 Å². The molecule has 1 aliphatic rings. The third kappa shape index (κ3) is 4.99. The first-order valence-electron chi connectivity index (χ1n) is 9.68. The maximum Gasteiger partial charge on any atom is 0.333 e. The van der Waals surface area contributed by atoms with E-state index in [2.05, 4.69) is 0 Å². The smallest absolute Gasteiger partial charge is 0.333 e. The van der Waals surface area contributed by atoms with E-state index >= 15 is 0 Å². The van der Waals surface area contributed by atoms with Crippen LogP contribution in [0, 0.1) is 5.41 Å². The molecule has 0 radical (unpaired) electrons. The second kappa shape index (κ2) is 10.3. The topological polar surface area (TPSA) is 52.6 Å². The van der Waals surface area contributed by atoms with Gasteiger partial charge in [0.05, 0.1) is 39.7 Å². The highest BCUT2D eigenvalue weighted by Gasteiger charge is 2.47. The van der Waals surface area contributed by atoms with Gasteiger partial charge < -0.3 is 9.47 Å². The Hall–Kier alpha value is -1.98. The lowest BCUT2D eigenvalue weighted by Gasteiger charge is -2.38. The monoisotopic (exact) mass is 512 g/mol. The standard InChI is InChI=1S/C24H20Cl4O4/c1-31-22(29)16-8-10-24(23(30)32-2,9-7-14-3-5-18(25)20(27)11-14)17(12-16)15-4-6-19(26)21(28)13-15/h3-7,9,11-13,17H,8,10H2,1-2H3/b9-7+/t17-,24+/m0/s1. The molecule has 0 spiro atoms. The molecule has 0 fully saturated rings. The summed E-state index contributed by atoms with van der Waals surface area (Å²) in [6, 6.07) is 10.3. The second-order valence-electron chi connectivity index (χ2n) is 7.37. The molecule has 0 amide bonds. The number of hydrogen-bond acceptors (Lipinski definition) is 4. The molecule has 0 bridgehead atoms. The quantitative estimate of drug-likeness (QED) is 0.398. The molecule has 4 nitrogen and oxygen atoms in total. The van der Waals surface area contributed by atoms with Gasteiger partial charge in [-0.2, -0.15) is 0 Å². The molecule has 0 saturated carbocycles. The highest BCUT2D eigenvalue weighted by atomic mass is 35.5. The van der Waals surface area contributed by atoms with Crippen molar-refractivity contribution in [1.82, 2.24) is 0 Å². The Bertz CT molecular complexity index is 1110. The molecule has 32 heavy (non-hydrogen) atoms. The zero-order valence-electron chi connectivity index (χ0n) is 17.3. The van der Waals surface area contributed by atoms with Gasteiger partial charge in [0.25, 0.3) is 0 Å². The summed E-state index contributed by atoms with van der Waals surface area (Å²) in [7, 11) is 2.66. The van der Waals surface area contributed by atoms with Gasteiger partial charge in [-0.15, -0.1) is 0 Å². The van der Waals surface area contributed by atoms with E-state index < -0.39 is 23.3 Å². The van der Waals surface area contributed by atoms with Crippen molar-refractivity contribution in [3.63, 3.8) is 0 Å². The molecule has 2 atom stereocenters. The minimum Gasteiger partial charge on any atom is -0.468 e. The Morgan fingerprint density at radius 2 is 1.59 bits per heavy atom. The van der Waals surface area contributed by atoms with E-state index in [0.717, 1.165) is 5.56 Å². The van der Waals surface area contributed by atoms with Crippen molar-refractivity contribution in [2.75, 3.05) is 14.2 Å². The van der Waals surface area contributed by atoms with Crippen molar-refractivity contribution in [1.29, 1.82) is 0 Å². The number of rotatable bonds is 5. The predicted molar refractivity (Wildman–Crippen MR) is 128 cm³/mol. The largest absolute Gasteiger partial charge is 0.468 e. The average molecular weight is 514 g/mol. The van der Waals surface area contributed by atoms with E-state index in [-0.39, 0.29) is 0 Å². The van der Waals surface area contributed by atoms with Crippen LogP contribution in [0.3, 0.4) is 0 Å². The molecule has 0 N–H and O–H groups in total. The van der Waals surface area contributed by atoms with Gasteiger partial charge in [0.1, 0.15) is 0 Å².